The summed E-state index contributed by atoms with van der Waals surface area (Å²) in [5.41, 5.74) is 5.09. The number of hydrogen-bond donors (Lipinski definition) is 1. The molecule has 3 heteroatoms. The summed E-state index contributed by atoms with van der Waals surface area (Å²) in [6.07, 6.45) is 4.01. The zero-order valence-electron chi connectivity index (χ0n) is 11.4. The van der Waals surface area contributed by atoms with Crippen molar-refractivity contribution in [3.8, 4) is 0 Å². The van der Waals surface area contributed by atoms with E-state index in [2.05, 4.69) is 44.2 Å². The number of hydrazine groups is 1. The first-order valence-electron chi connectivity index (χ1n) is 6.65. The smallest absolute Gasteiger partial charge is 0.0364 e. The number of rotatable bonds is 3. The summed E-state index contributed by atoms with van der Waals surface area (Å²) in [4.78, 5) is 2.87. The molecule has 0 saturated carbocycles. The van der Waals surface area contributed by atoms with Crippen molar-refractivity contribution >= 4 is 11.3 Å². The van der Waals surface area contributed by atoms with E-state index < -0.39 is 0 Å². The largest absolute Gasteiger partial charge is 0.250 e. The van der Waals surface area contributed by atoms with Crippen molar-refractivity contribution < 1.29 is 0 Å². The predicted molar refractivity (Wildman–Crippen MR) is 75.2 cm³/mol. The lowest BCUT2D eigenvalue weighted by Gasteiger charge is -2.39. The Balaban J connectivity index is 1.94. The van der Waals surface area contributed by atoms with E-state index in [4.69, 9.17) is 0 Å². The van der Waals surface area contributed by atoms with Gasteiger partial charge in [0.25, 0.3) is 0 Å². The molecule has 0 spiro atoms. The van der Waals surface area contributed by atoms with Crippen LogP contribution in [0.1, 0.15) is 48.4 Å². The summed E-state index contributed by atoms with van der Waals surface area (Å²) in [6, 6.07) is 3.64. The molecule has 17 heavy (non-hydrogen) atoms. The summed E-state index contributed by atoms with van der Waals surface area (Å²) >= 11 is 1.90. The standard InChI is InChI=1S/C14H24N2S/c1-10-6-5-7-11(2)16(10)15-9-14-8-12(3)17-13(14)4/h8,10-11,15H,5-7,9H2,1-4H3. The van der Waals surface area contributed by atoms with Crippen LogP contribution in [0.2, 0.25) is 0 Å². The molecule has 2 rings (SSSR count). The summed E-state index contributed by atoms with van der Waals surface area (Å²) in [5, 5.41) is 2.45. The van der Waals surface area contributed by atoms with Crippen molar-refractivity contribution in [1.82, 2.24) is 10.4 Å². The lowest BCUT2D eigenvalue weighted by molar-refractivity contribution is 0.0435. The highest BCUT2D eigenvalue weighted by molar-refractivity contribution is 7.12. The molecule has 1 aliphatic heterocycles. The van der Waals surface area contributed by atoms with Gasteiger partial charge in [-0.2, -0.15) is 0 Å². The van der Waals surface area contributed by atoms with Crippen LogP contribution < -0.4 is 5.43 Å². The zero-order valence-corrected chi connectivity index (χ0v) is 12.2. The van der Waals surface area contributed by atoms with Gasteiger partial charge in [0.15, 0.2) is 0 Å². The Labute approximate surface area is 109 Å². The molecule has 2 unspecified atom stereocenters. The van der Waals surface area contributed by atoms with Crippen LogP contribution in [0.5, 0.6) is 0 Å². The summed E-state index contributed by atoms with van der Waals surface area (Å²) < 4.78 is 0. The Morgan fingerprint density at radius 3 is 2.47 bits per heavy atom. The molecule has 1 aromatic rings. The van der Waals surface area contributed by atoms with Gasteiger partial charge in [-0.15, -0.1) is 11.3 Å². The van der Waals surface area contributed by atoms with Crippen molar-refractivity contribution in [2.75, 3.05) is 0 Å². The monoisotopic (exact) mass is 252 g/mol. The molecule has 1 N–H and O–H groups in total. The minimum absolute atomic E-state index is 0.666. The fraction of sp³-hybridized carbons (Fsp3) is 0.714. The SMILES string of the molecule is Cc1cc(CNN2C(C)CCCC2C)c(C)s1. The van der Waals surface area contributed by atoms with E-state index in [-0.39, 0.29) is 0 Å². The number of nitrogens with zero attached hydrogens (tertiary/aromatic N) is 1. The van der Waals surface area contributed by atoms with Gasteiger partial charge in [0.1, 0.15) is 0 Å². The van der Waals surface area contributed by atoms with E-state index in [1.165, 1.54) is 34.6 Å². The minimum atomic E-state index is 0.666. The molecule has 2 atom stereocenters. The zero-order chi connectivity index (χ0) is 12.4. The molecule has 1 aromatic heterocycles. The topological polar surface area (TPSA) is 15.3 Å². The number of piperidine rings is 1. The lowest BCUT2D eigenvalue weighted by atomic mass is 10.00. The number of aryl methyl sites for hydroxylation is 2. The summed E-state index contributed by atoms with van der Waals surface area (Å²) in [5.74, 6) is 0. The number of thiophene rings is 1. The average molecular weight is 252 g/mol. The van der Waals surface area contributed by atoms with Crippen LogP contribution in [0.4, 0.5) is 0 Å². The van der Waals surface area contributed by atoms with E-state index in [0.717, 1.165) is 6.54 Å². The van der Waals surface area contributed by atoms with Gasteiger partial charge >= 0.3 is 0 Å². The molecule has 2 nitrogen and oxygen atoms in total. The van der Waals surface area contributed by atoms with Gasteiger partial charge in [-0.05, 0) is 52.2 Å². The van der Waals surface area contributed by atoms with Crippen LogP contribution in [0, 0.1) is 13.8 Å². The summed E-state index contributed by atoms with van der Waals surface area (Å²) in [7, 11) is 0. The molecular formula is C14H24N2S. The Morgan fingerprint density at radius 2 is 1.94 bits per heavy atom. The quantitative estimate of drug-likeness (QED) is 0.883. The Kier molecular flexibility index (Phi) is 4.23. The van der Waals surface area contributed by atoms with E-state index in [1.807, 2.05) is 11.3 Å². The van der Waals surface area contributed by atoms with Gasteiger partial charge in [-0.3, -0.25) is 5.43 Å². The minimum Gasteiger partial charge on any atom is -0.250 e. The first kappa shape index (κ1) is 13.1. The highest BCUT2D eigenvalue weighted by Crippen LogP contribution is 2.23. The first-order chi connectivity index (χ1) is 8.08. The predicted octanol–water partition coefficient (Wildman–Crippen LogP) is 3.63. The molecule has 0 bridgehead atoms. The van der Waals surface area contributed by atoms with Crippen molar-refractivity contribution in [1.29, 1.82) is 0 Å². The molecule has 1 fully saturated rings. The maximum atomic E-state index is 3.63. The van der Waals surface area contributed by atoms with Crippen molar-refractivity contribution in [3.05, 3.63) is 21.4 Å². The second kappa shape index (κ2) is 5.51. The van der Waals surface area contributed by atoms with Crippen LogP contribution in [-0.2, 0) is 6.54 Å². The molecular weight excluding hydrogens is 228 g/mol. The highest BCUT2D eigenvalue weighted by Gasteiger charge is 2.24. The molecule has 0 aromatic carbocycles. The van der Waals surface area contributed by atoms with Gasteiger partial charge in [0, 0.05) is 28.4 Å². The van der Waals surface area contributed by atoms with Gasteiger partial charge in [0.2, 0.25) is 0 Å². The maximum absolute atomic E-state index is 3.63. The second-order valence-corrected chi connectivity index (χ2v) is 6.77. The fourth-order valence-electron chi connectivity index (χ4n) is 2.77. The van der Waals surface area contributed by atoms with E-state index in [1.54, 1.807) is 0 Å². The average Bonchev–Trinajstić information content (AvgIpc) is 2.57. The fourth-order valence-corrected chi connectivity index (χ4v) is 3.71. The van der Waals surface area contributed by atoms with E-state index >= 15 is 0 Å². The first-order valence-corrected chi connectivity index (χ1v) is 7.47. The van der Waals surface area contributed by atoms with E-state index in [0.29, 0.717) is 12.1 Å². The van der Waals surface area contributed by atoms with E-state index in [9.17, 15) is 0 Å². The molecule has 1 aliphatic rings. The van der Waals surface area contributed by atoms with Gasteiger partial charge < -0.3 is 0 Å². The van der Waals surface area contributed by atoms with Crippen LogP contribution >= 0.6 is 11.3 Å². The summed E-state index contributed by atoms with van der Waals surface area (Å²) in [6.45, 7) is 10.0. The molecule has 0 radical (unpaired) electrons. The van der Waals surface area contributed by atoms with Gasteiger partial charge in [-0.1, -0.05) is 6.42 Å². The Bertz CT molecular complexity index is 362. The molecule has 0 aliphatic carbocycles. The Hall–Kier alpha value is -0.380. The third-order valence-electron chi connectivity index (χ3n) is 3.79. The second-order valence-electron chi connectivity index (χ2n) is 5.31. The molecule has 1 saturated heterocycles. The van der Waals surface area contributed by atoms with Gasteiger partial charge in [-0.25, -0.2) is 5.01 Å². The van der Waals surface area contributed by atoms with Crippen LogP contribution in [0.25, 0.3) is 0 Å². The van der Waals surface area contributed by atoms with Crippen LogP contribution in [-0.4, -0.2) is 17.1 Å². The van der Waals surface area contributed by atoms with Crippen molar-refractivity contribution in [2.45, 2.75) is 65.6 Å². The lowest BCUT2D eigenvalue weighted by Crippen LogP contribution is -2.51. The molecule has 2 heterocycles. The normalized spacial score (nSPS) is 26.4. The third-order valence-corrected chi connectivity index (χ3v) is 4.80. The third kappa shape index (κ3) is 3.09. The Morgan fingerprint density at radius 1 is 1.29 bits per heavy atom. The molecule has 96 valence electrons. The van der Waals surface area contributed by atoms with Crippen LogP contribution in [0.3, 0.4) is 0 Å². The maximum Gasteiger partial charge on any atom is 0.0364 e. The number of nitrogens with one attached hydrogen (secondary N) is 1. The van der Waals surface area contributed by atoms with Crippen molar-refractivity contribution in [2.24, 2.45) is 0 Å². The number of hydrogen-bond acceptors (Lipinski definition) is 3. The molecule has 0 amide bonds. The highest BCUT2D eigenvalue weighted by atomic mass is 32.1. The van der Waals surface area contributed by atoms with Crippen molar-refractivity contribution in [3.63, 3.8) is 0 Å². The van der Waals surface area contributed by atoms with Gasteiger partial charge in [0.05, 0.1) is 0 Å². The van der Waals surface area contributed by atoms with Crippen LogP contribution in [0.15, 0.2) is 6.07 Å².